The van der Waals surface area contributed by atoms with Gasteiger partial charge in [-0.3, -0.25) is 4.98 Å². The molecule has 5 nitrogen and oxygen atoms in total. The van der Waals surface area contributed by atoms with Crippen molar-refractivity contribution in [3.8, 4) is 0 Å². The third-order valence-corrected chi connectivity index (χ3v) is 6.43. The summed E-state index contributed by atoms with van der Waals surface area (Å²) >= 11 is 0. The SMILES string of the molecule is Cc1cc(NC2CCN(S(=O)(=O)C3CC3)CC2)ccn1. The number of nitrogens with zero attached hydrogens (tertiary/aromatic N) is 2. The van der Waals surface area contributed by atoms with Crippen molar-refractivity contribution in [1.29, 1.82) is 0 Å². The molecule has 0 unspecified atom stereocenters. The third kappa shape index (κ3) is 2.96. The highest BCUT2D eigenvalue weighted by Crippen LogP contribution is 2.32. The van der Waals surface area contributed by atoms with E-state index in [2.05, 4.69) is 10.3 Å². The summed E-state index contributed by atoms with van der Waals surface area (Å²) in [6.07, 6.45) is 5.22. The first-order valence-corrected chi connectivity index (χ1v) is 8.74. The molecule has 0 atom stereocenters. The van der Waals surface area contributed by atoms with E-state index in [0.29, 0.717) is 19.1 Å². The van der Waals surface area contributed by atoms with E-state index in [0.717, 1.165) is 37.1 Å². The Labute approximate surface area is 120 Å². The van der Waals surface area contributed by atoms with Crippen molar-refractivity contribution in [3.63, 3.8) is 0 Å². The zero-order chi connectivity index (χ0) is 14.2. The number of pyridine rings is 1. The van der Waals surface area contributed by atoms with Gasteiger partial charge in [0.1, 0.15) is 0 Å². The lowest BCUT2D eigenvalue weighted by atomic mass is 10.1. The first-order chi connectivity index (χ1) is 9.55. The Morgan fingerprint density at radius 3 is 2.55 bits per heavy atom. The first kappa shape index (κ1) is 13.8. The molecule has 0 amide bonds. The van der Waals surface area contributed by atoms with Crippen molar-refractivity contribution in [2.24, 2.45) is 0 Å². The van der Waals surface area contributed by atoms with Crippen LogP contribution in [0.15, 0.2) is 18.3 Å². The Hall–Kier alpha value is -1.14. The minimum Gasteiger partial charge on any atom is -0.382 e. The molecule has 1 aliphatic heterocycles. The van der Waals surface area contributed by atoms with Gasteiger partial charge < -0.3 is 5.32 Å². The van der Waals surface area contributed by atoms with Crippen LogP contribution in [-0.2, 0) is 10.0 Å². The van der Waals surface area contributed by atoms with Crippen molar-refractivity contribution in [1.82, 2.24) is 9.29 Å². The molecule has 2 fully saturated rings. The van der Waals surface area contributed by atoms with E-state index in [4.69, 9.17) is 0 Å². The van der Waals surface area contributed by atoms with E-state index >= 15 is 0 Å². The highest BCUT2D eigenvalue weighted by molar-refractivity contribution is 7.90. The van der Waals surface area contributed by atoms with Crippen LogP contribution in [0, 0.1) is 6.92 Å². The number of rotatable bonds is 4. The molecule has 110 valence electrons. The quantitative estimate of drug-likeness (QED) is 0.919. The van der Waals surface area contributed by atoms with E-state index in [9.17, 15) is 8.42 Å². The molecule has 0 spiro atoms. The lowest BCUT2D eigenvalue weighted by Crippen LogP contribution is -2.43. The zero-order valence-electron chi connectivity index (χ0n) is 11.7. The Balaban J connectivity index is 1.56. The molecule has 2 aliphatic rings. The average Bonchev–Trinajstić information content (AvgIpc) is 3.24. The summed E-state index contributed by atoms with van der Waals surface area (Å²) < 4.78 is 26.0. The van der Waals surface area contributed by atoms with Gasteiger partial charge >= 0.3 is 0 Å². The molecule has 1 saturated heterocycles. The molecule has 6 heteroatoms. The predicted octanol–water partition coefficient (Wildman–Crippen LogP) is 1.76. The topological polar surface area (TPSA) is 62.3 Å². The summed E-state index contributed by atoms with van der Waals surface area (Å²) in [4.78, 5) is 4.18. The van der Waals surface area contributed by atoms with Crippen LogP contribution in [0.4, 0.5) is 5.69 Å². The van der Waals surface area contributed by atoms with Gasteiger partial charge in [0.15, 0.2) is 0 Å². The summed E-state index contributed by atoms with van der Waals surface area (Å²) in [5, 5.41) is 3.39. The van der Waals surface area contributed by atoms with Gasteiger partial charge in [-0.25, -0.2) is 12.7 Å². The molecule has 2 heterocycles. The molecule has 3 rings (SSSR count). The van der Waals surface area contributed by atoms with Crippen LogP contribution in [0.5, 0.6) is 0 Å². The Kier molecular flexibility index (Phi) is 3.69. The van der Waals surface area contributed by atoms with E-state index in [1.54, 1.807) is 10.5 Å². The molecule has 1 saturated carbocycles. The average molecular weight is 295 g/mol. The van der Waals surface area contributed by atoms with Gasteiger partial charge in [-0.1, -0.05) is 0 Å². The molecule has 0 radical (unpaired) electrons. The van der Waals surface area contributed by atoms with Gasteiger partial charge in [-0.2, -0.15) is 0 Å². The fraction of sp³-hybridized carbons (Fsp3) is 0.643. The number of aromatic nitrogens is 1. The summed E-state index contributed by atoms with van der Waals surface area (Å²) in [5.74, 6) is 0. The van der Waals surface area contributed by atoms with Gasteiger partial charge in [-0.05, 0) is 44.7 Å². The molecule has 1 aliphatic carbocycles. The molecule has 1 N–H and O–H groups in total. The summed E-state index contributed by atoms with van der Waals surface area (Å²) in [6.45, 7) is 3.25. The fourth-order valence-electron chi connectivity index (χ4n) is 2.70. The normalized spacial score (nSPS) is 21.9. The largest absolute Gasteiger partial charge is 0.382 e. The molecule has 0 bridgehead atoms. The van der Waals surface area contributed by atoms with Crippen LogP contribution < -0.4 is 5.32 Å². The highest BCUT2D eigenvalue weighted by atomic mass is 32.2. The maximum absolute atomic E-state index is 12.2. The van der Waals surface area contributed by atoms with Crippen LogP contribution in [0.1, 0.15) is 31.4 Å². The van der Waals surface area contributed by atoms with E-state index in [1.807, 2.05) is 19.1 Å². The maximum Gasteiger partial charge on any atom is 0.216 e. The van der Waals surface area contributed by atoms with Gasteiger partial charge in [0.2, 0.25) is 10.0 Å². The second-order valence-corrected chi connectivity index (χ2v) is 7.96. The fourth-order valence-corrected chi connectivity index (χ4v) is 4.58. The van der Waals surface area contributed by atoms with Crippen LogP contribution >= 0.6 is 0 Å². The van der Waals surface area contributed by atoms with Gasteiger partial charge in [0, 0.05) is 36.7 Å². The molecular formula is C14H21N3O2S. The van der Waals surface area contributed by atoms with Crippen molar-refractivity contribution in [2.75, 3.05) is 18.4 Å². The number of sulfonamides is 1. The summed E-state index contributed by atoms with van der Waals surface area (Å²) in [6, 6.07) is 4.33. The van der Waals surface area contributed by atoms with Crippen molar-refractivity contribution in [2.45, 2.75) is 43.9 Å². The van der Waals surface area contributed by atoms with Gasteiger partial charge in [0.05, 0.1) is 5.25 Å². The number of hydrogen-bond acceptors (Lipinski definition) is 4. The van der Waals surface area contributed by atoms with Crippen LogP contribution in [0.2, 0.25) is 0 Å². The summed E-state index contributed by atoms with van der Waals surface area (Å²) in [7, 11) is -3.00. The van der Waals surface area contributed by atoms with Crippen LogP contribution in [0.3, 0.4) is 0 Å². The maximum atomic E-state index is 12.2. The molecular weight excluding hydrogens is 274 g/mol. The Morgan fingerprint density at radius 2 is 1.95 bits per heavy atom. The lowest BCUT2D eigenvalue weighted by molar-refractivity contribution is 0.329. The number of anilines is 1. The minimum atomic E-state index is -3.00. The van der Waals surface area contributed by atoms with Crippen molar-refractivity contribution >= 4 is 15.7 Å². The smallest absolute Gasteiger partial charge is 0.216 e. The van der Waals surface area contributed by atoms with E-state index < -0.39 is 10.0 Å². The lowest BCUT2D eigenvalue weighted by Gasteiger charge is -2.32. The van der Waals surface area contributed by atoms with Crippen LogP contribution in [0.25, 0.3) is 0 Å². The second-order valence-electron chi connectivity index (χ2n) is 5.75. The van der Waals surface area contributed by atoms with Gasteiger partial charge in [0.25, 0.3) is 0 Å². The van der Waals surface area contributed by atoms with E-state index in [1.165, 1.54) is 0 Å². The minimum absolute atomic E-state index is 0.0881. The molecule has 1 aromatic rings. The zero-order valence-corrected chi connectivity index (χ0v) is 12.6. The second kappa shape index (κ2) is 5.33. The Bertz CT molecular complexity index is 576. The standard InChI is InChI=1S/C14H21N3O2S/c1-11-10-13(4-7-15-11)16-12-5-8-17(9-6-12)20(18,19)14-2-3-14/h4,7,10,12,14H,2-3,5-6,8-9H2,1H3,(H,15,16). The Morgan fingerprint density at radius 1 is 1.25 bits per heavy atom. The molecule has 0 aromatic carbocycles. The molecule has 1 aromatic heterocycles. The van der Waals surface area contributed by atoms with Gasteiger partial charge in [-0.15, -0.1) is 0 Å². The first-order valence-electron chi connectivity index (χ1n) is 7.24. The predicted molar refractivity (Wildman–Crippen MR) is 79.1 cm³/mol. The highest BCUT2D eigenvalue weighted by Gasteiger charge is 2.41. The number of nitrogens with one attached hydrogen (secondary N) is 1. The van der Waals surface area contributed by atoms with E-state index in [-0.39, 0.29) is 5.25 Å². The third-order valence-electron chi connectivity index (χ3n) is 4.03. The van der Waals surface area contributed by atoms with Crippen molar-refractivity contribution in [3.05, 3.63) is 24.0 Å². The summed E-state index contributed by atoms with van der Waals surface area (Å²) in [5.41, 5.74) is 2.06. The monoisotopic (exact) mass is 295 g/mol. The van der Waals surface area contributed by atoms with Crippen molar-refractivity contribution < 1.29 is 8.42 Å². The molecule has 20 heavy (non-hydrogen) atoms. The number of piperidine rings is 1. The number of aryl methyl sites for hydroxylation is 1. The van der Waals surface area contributed by atoms with Crippen LogP contribution in [-0.4, -0.2) is 42.1 Å². The number of hydrogen-bond donors (Lipinski definition) is 1.